The monoisotopic (exact) mass is 198 g/mol. The van der Waals surface area contributed by atoms with Crippen molar-refractivity contribution < 1.29 is 19.1 Å². The maximum Gasteiger partial charge on any atom is 0.208 e. The van der Waals surface area contributed by atoms with Crippen LogP contribution in [0.1, 0.15) is 26.2 Å². The van der Waals surface area contributed by atoms with Gasteiger partial charge >= 0.3 is 0 Å². The first kappa shape index (κ1) is 11.0. The van der Waals surface area contributed by atoms with Gasteiger partial charge in [-0.25, -0.2) is 0 Å². The van der Waals surface area contributed by atoms with Gasteiger partial charge < -0.3 is 4.74 Å². The second-order valence-electron chi connectivity index (χ2n) is 3.51. The number of carbonyl (C=O) groups excluding carboxylic acids is 3. The largest absolute Gasteiger partial charge is 0.374 e. The molecule has 0 aromatic carbocycles. The highest BCUT2D eigenvalue weighted by molar-refractivity contribution is 6.42. The summed E-state index contributed by atoms with van der Waals surface area (Å²) in [6.45, 7) is 1.59. The van der Waals surface area contributed by atoms with Crippen LogP contribution in [0, 0.1) is 5.92 Å². The van der Waals surface area contributed by atoms with Gasteiger partial charge in [0.05, 0.1) is 5.92 Å². The van der Waals surface area contributed by atoms with E-state index >= 15 is 0 Å². The molecule has 0 heterocycles. The zero-order chi connectivity index (χ0) is 10.7. The molecule has 1 saturated carbocycles. The third kappa shape index (κ3) is 2.07. The lowest BCUT2D eigenvalue weighted by atomic mass is 9.83. The van der Waals surface area contributed by atoms with Crippen LogP contribution < -0.4 is 0 Å². The van der Waals surface area contributed by atoms with Crippen molar-refractivity contribution in [3.05, 3.63) is 0 Å². The molecule has 0 amide bonds. The van der Waals surface area contributed by atoms with E-state index in [0.717, 1.165) is 0 Å². The van der Waals surface area contributed by atoms with Gasteiger partial charge in [0.15, 0.2) is 11.6 Å². The maximum atomic E-state index is 11.6. The summed E-state index contributed by atoms with van der Waals surface area (Å²) in [5, 5.41) is 0. The number of carbonyl (C=O) groups is 3. The molecule has 0 N–H and O–H groups in total. The molecule has 0 saturated heterocycles. The summed E-state index contributed by atoms with van der Waals surface area (Å²) in [5.41, 5.74) is 0. The molecule has 1 aliphatic rings. The number of hydrogen-bond donors (Lipinski definition) is 0. The van der Waals surface area contributed by atoms with Gasteiger partial charge in [0.1, 0.15) is 6.10 Å². The molecule has 4 nitrogen and oxygen atoms in total. The van der Waals surface area contributed by atoms with E-state index in [1.54, 1.807) is 6.92 Å². The minimum Gasteiger partial charge on any atom is -0.374 e. The quantitative estimate of drug-likeness (QED) is 0.490. The smallest absolute Gasteiger partial charge is 0.208 e. The second-order valence-corrected chi connectivity index (χ2v) is 3.51. The molecule has 2 unspecified atom stereocenters. The molecular weight excluding hydrogens is 184 g/mol. The van der Waals surface area contributed by atoms with E-state index in [0.29, 0.717) is 12.8 Å². The van der Waals surface area contributed by atoms with Crippen molar-refractivity contribution >= 4 is 17.3 Å². The fraction of sp³-hybridized carbons (Fsp3) is 0.700. The molecule has 0 aromatic rings. The lowest BCUT2D eigenvalue weighted by Crippen LogP contribution is -2.38. The summed E-state index contributed by atoms with van der Waals surface area (Å²) in [7, 11) is 1.41. The Morgan fingerprint density at radius 3 is 2.71 bits per heavy atom. The lowest BCUT2D eigenvalue weighted by molar-refractivity contribution is -0.147. The van der Waals surface area contributed by atoms with Crippen LogP contribution in [0.25, 0.3) is 0 Å². The Labute approximate surface area is 82.6 Å². The van der Waals surface area contributed by atoms with E-state index in [2.05, 4.69) is 0 Å². The number of methoxy groups -OCH3 is 1. The Kier molecular flexibility index (Phi) is 3.52. The molecule has 0 radical (unpaired) electrons. The first-order valence-electron chi connectivity index (χ1n) is 4.71. The van der Waals surface area contributed by atoms with Gasteiger partial charge in [-0.15, -0.1) is 0 Å². The van der Waals surface area contributed by atoms with Crippen molar-refractivity contribution in [2.75, 3.05) is 7.11 Å². The van der Waals surface area contributed by atoms with Gasteiger partial charge in [-0.2, -0.15) is 0 Å². The summed E-state index contributed by atoms with van der Waals surface area (Å²) in [6, 6.07) is 0. The van der Waals surface area contributed by atoms with Crippen molar-refractivity contribution in [2.45, 2.75) is 32.3 Å². The minimum absolute atomic E-state index is 0.273. The van der Waals surface area contributed by atoms with E-state index in [9.17, 15) is 14.4 Å². The van der Waals surface area contributed by atoms with Gasteiger partial charge in [-0.3, -0.25) is 14.4 Å². The highest BCUT2D eigenvalue weighted by Crippen LogP contribution is 2.20. The van der Waals surface area contributed by atoms with Crippen LogP contribution in [0.4, 0.5) is 0 Å². The van der Waals surface area contributed by atoms with Gasteiger partial charge in [-0.05, 0) is 19.8 Å². The fourth-order valence-electron chi connectivity index (χ4n) is 1.59. The molecule has 0 spiro atoms. The molecule has 1 aliphatic carbocycles. The molecule has 4 heteroatoms. The number of ketones is 3. The van der Waals surface area contributed by atoms with Crippen LogP contribution in [0.15, 0.2) is 0 Å². The zero-order valence-corrected chi connectivity index (χ0v) is 8.41. The summed E-state index contributed by atoms with van der Waals surface area (Å²) < 4.78 is 4.84. The number of ether oxygens (including phenoxy) is 1. The van der Waals surface area contributed by atoms with Crippen molar-refractivity contribution in [3.8, 4) is 0 Å². The van der Waals surface area contributed by atoms with Gasteiger partial charge in [0.25, 0.3) is 0 Å². The van der Waals surface area contributed by atoms with Gasteiger partial charge in [0.2, 0.25) is 5.78 Å². The van der Waals surface area contributed by atoms with E-state index in [1.165, 1.54) is 7.11 Å². The first-order valence-corrected chi connectivity index (χ1v) is 4.71. The van der Waals surface area contributed by atoms with Gasteiger partial charge in [0, 0.05) is 13.5 Å². The summed E-state index contributed by atoms with van der Waals surface area (Å²) in [4.78, 5) is 34.0. The SMILES string of the molecule is COC(C)C(=O)C1CCCC(=O)C1=O. The molecule has 78 valence electrons. The molecule has 1 rings (SSSR count). The molecule has 14 heavy (non-hydrogen) atoms. The Morgan fingerprint density at radius 1 is 1.50 bits per heavy atom. The maximum absolute atomic E-state index is 11.6. The van der Waals surface area contributed by atoms with Crippen LogP contribution in [0.3, 0.4) is 0 Å². The average Bonchev–Trinajstić information content (AvgIpc) is 2.20. The normalized spacial score (nSPS) is 24.9. The van der Waals surface area contributed by atoms with E-state index in [4.69, 9.17) is 4.74 Å². The van der Waals surface area contributed by atoms with Crippen LogP contribution in [-0.4, -0.2) is 30.6 Å². The second kappa shape index (κ2) is 4.46. The predicted octanol–water partition coefficient (Wildman–Crippen LogP) is 0.529. The molecule has 1 fully saturated rings. The number of Topliss-reactive ketones (excluding diaryl/α,β-unsaturated/α-hetero) is 3. The predicted molar refractivity (Wildman–Crippen MR) is 48.8 cm³/mol. The van der Waals surface area contributed by atoms with Crippen molar-refractivity contribution in [3.63, 3.8) is 0 Å². The first-order chi connectivity index (χ1) is 6.57. The summed E-state index contributed by atoms with van der Waals surface area (Å²) >= 11 is 0. The topological polar surface area (TPSA) is 60.4 Å². The van der Waals surface area contributed by atoms with Crippen LogP contribution in [0.2, 0.25) is 0 Å². The van der Waals surface area contributed by atoms with Crippen LogP contribution in [-0.2, 0) is 19.1 Å². The van der Waals surface area contributed by atoms with Crippen LogP contribution in [0.5, 0.6) is 0 Å². The van der Waals surface area contributed by atoms with Gasteiger partial charge in [-0.1, -0.05) is 0 Å². The highest BCUT2D eigenvalue weighted by Gasteiger charge is 2.36. The fourth-order valence-corrected chi connectivity index (χ4v) is 1.59. The average molecular weight is 198 g/mol. The van der Waals surface area contributed by atoms with Crippen molar-refractivity contribution in [1.29, 1.82) is 0 Å². The van der Waals surface area contributed by atoms with Crippen molar-refractivity contribution in [1.82, 2.24) is 0 Å². The molecular formula is C10H14O4. The zero-order valence-electron chi connectivity index (χ0n) is 8.41. The third-order valence-corrected chi connectivity index (χ3v) is 2.59. The molecule has 2 atom stereocenters. The number of hydrogen-bond acceptors (Lipinski definition) is 4. The molecule has 0 bridgehead atoms. The highest BCUT2D eigenvalue weighted by atomic mass is 16.5. The Bertz CT molecular complexity index is 269. The van der Waals surface area contributed by atoms with E-state index < -0.39 is 23.6 Å². The Hall–Kier alpha value is -1.03. The molecule has 0 aromatic heterocycles. The lowest BCUT2D eigenvalue weighted by Gasteiger charge is -2.20. The van der Waals surface area contributed by atoms with Crippen LogP contribution >= 0.6 is 0 Å². The van der Waals surface area contributed by atoms with Crippen molar-refractivity contribution in [2.24, 2.45) is 5.92 Å². The number of rotatable bonds is 3. The Balaban J connectivity index is 2.72. The van der Waals surface area contributed by atoms with E-state index in [1.807, 2.05) is 0 Å². The minimum atomic E-state index is -0.758. The third-order valence-electron chi connectivity index (χ3n) is 2.59. The standard InChI is InChI=1S/C10H14O4/c1-6(14-2)9(12)7-4-3-5-8(11)10(7)13/h6-7H,3-5H2,1-2H3. The van der Waals surface area contributed by atoms with E-state index in [-0.39, 0.29) is 12.2 Å². The summed E-state index contributed by atoms with van der Waals surface area (Å²) in [5.74, 6) is -1.99. The Morgan fingerprint density at radius 2 is 2.14 bits per heavy atom. The molecule has 0 aliphatic heterocycles. The summed E-state index contributed by atoms with van der Waals surface area (Å²) in [6.07, 6.45) is 0.785.